The maximum Gasteiger partial charge on any atom is 0.243 e. The zero-order valence-electron chi connectivity index (χ0n) is 13.6. The van der Waals surface area contributed by atoms with E-state index in [4.69, 9.17) is 23.2 Å². The van der Waals surface area contributed by atoms with Gasteiger partial charge in [-0.2, -0.15) is 4.31 Å². The molecular formula is C16H23Cl3N2O2S. The lowest BCUT2D eigenvalue weighted by Gasteiger charge is -2.32. The fraction of sp³-hybridized carbons (Fsp3) is 0.625. The fourth-order valence-electron chi connectivity index (χ4n) is 2.88. The molecule has 1 aromatic rings. The molecule has 3 rings (SSSR count). The van der Waals surface area contributed by atoms with Crippen molar-refractivity contribution in [3.05, 3.63) is 27.7 Å². The first-order chi connectivity index (χ1) is 10.9. The topological polar surface area (TPSA) is 49.4 Å². The summed E-state index contributed by atoms with van der Waals surface area (Å²) in [6, 6.07) is 3.41. The van der Waals surface area contributed by atoms with Crippen LogP contribution in [0.1, 0.15) is 31.2 Å². The van der Waals surface area contributed by atoms with Gasteiger partial charge in [0.1, 0.15) is 0 Å². The van der Waals surface area contributed by atoms with E-state index in [1.54, 1.807) is 11.2 Å². The molecule has 2 aliphatic rings. The van der Waals surface area contributed by atoms with Crippen LogP contribution in [0.3, 0.4) is 0 Å². The standard InChI is InChI=1S/C16H22Cl2N2O2S.ClH/c1-11-15(17)8-14(9-16(11)18)23(21,22)20-6-4-13(5-7-20)19-10-12-2-3-12;/h8-9,12-13,19H,2-7,10H2,1H3;1H. The van der Waals surface area contributed by atoms with Gasteiger partial charge in [-0.05, 0) is 62.8 Å². The molecule has 0 radical (unpaired) electrons. The van der Waals surface area contributed by atoms with Crippen LogP contribution in [-0.4, -0.2) is 38.4 Å². The van der Waals surface area contributed by atoms with Crippen LogP contribution in [0, 0.1) is 12.8 Å². The zero-order chi connectivity index (χ0) is 16.6. The molecule has 1 aliphatic carbocycles. The number of piperidine rings is 1. The molecular weight excluding hydrogens is 391 g/mol. The van der Waals surface area contributed by atoms with Gasteiger partial charge < -0.3 is 5.32 Å². The van der Waals surface area contributed by atoms with Gasteiger partial charge in [-0.25, -0.2) is 8.42 Å². The third kappa shape index (κ3) is 4.57. The zero-order valence-corrected chi connectivity index (χ0v) is 16.7. The number of halogens is 3. The average Bonchev–Trinajstić information content (AvgIpc) is 3.35. The van der Waals surface area contributed by atoms with Crippen molar-refractivity contribution >= 4 is 45.6 Å². The Hall–Kier alpha value is -0.0400. The van der Waals surface area contributed by atoms with Gasteiger partial charge in [0.05, 0.1) is 4.90 Å². The second-order valence-corrected chi connectivity index (χ2v) is 9.29. The van der Waals surface area contributed by atoms with E-state index in [9.17, 15) is 8.42 Å². The molecule has 2 fully saturated rings. The number of rotatable bonds is 5. The summed E-state index contributed by atoms with van der Waals surface area (Å²) in [6.07, 6.45) is 4.35. The lowest BCUT2D eigenvalue weighted by molar-refractivity contribution is 0.288. The highest BCUT2D eigenvalue weighted by Crippen LogP contribution is 2.31. The van der Waals surface area contributed by atoms with Gasteiger partial charge in [0.25, 0.3) is 0 Å². The minimum atomic E-state index is -3.53. The molecule has 0 spiro atoms. The molecule has 0 aromatic heterocycles. The Labute approximate surface area is 160 Å². The number of hydrogen-bond acceptors (Lipinski definition) is 3. The van der Waals surface area contributed by atoms with Gasteiger partial charge in [0, 0.05) is 29.2 Å². The van der Waals surface area contributed by atoms with Gasteiger partial charge in [-0.1, -0.05) is 23.2 Å². The second-order valence-electron chi connectivity index (χ2n) is 6.54. The molecule has 1 aromatic carbocycles. The molecule has 0 unspecified atom stereocenters. The van der Waals surface area contributed by atoms with Crippen LogP contribution in [0.5, 0.6) is 0 Å². The Morgan fingerprint density at radius 2 is 1.67 bits per heavy atom. The highest BCUT2D eigenvalue weighted by atomic mass is 35.5. The predicted octanol–water partition coefficient (Wildman–Crippen LogP) is 3.88. The van der Waals surface area contributed by atoms with E-state index in [0.717, 1.165) is 25.3 Å². The first kappa shape index (κ1) is 20.3. The van der Waals surface area contributed by atoms with Crippen molar-refractivity contribution in [2.24, 2.45) is 5.92 Å². The summed E-state index contributed by atoms with van der Waals surface area (Å²) in [6.45, 7) is 3.92. The van der Waals surface area contributed by atoms with E-state index in [1.807, 2.05) is 0 Å². The Bertz CT molecular complexity index is 662. The van der Waals surface area contributed by atoms with Gasteiger partial charge in [-0.15, -0.1) is 12.4 Å². The highest BCUT2D eigenvalue weighted by Gasteiger charge is 2.31. The second kappa shape index (κ2) is 8.11. The largest absolute Gasteiger partial charge is 0.314 e. The molecule has 0 amide bonds. The summed E-state index contributed by atoms with van der Waals surface area (Å²) in [4.78, 5) is 0.183. The lowest BCUT2D eigenvalue weighted by Crippen LogP contribution is -2.45. The van der Waals surface area contributed by atoms with Gasteiger partial charge in [-0.3, -0.25) is 0 Å². The number of nitrogens with one attached hydrogen (secondary N) is 1. The Kier molecular flexibility index (Phi) is 6.85. The number of nitrogens with zero attached hydrogens (tertiary/aromatic N) is 1. The van der Waals surface area contributed by atoms with Gasteiger partial charge in [0.15, 0.2) is 0 Å². The van der Waals surface area contributed by atoms with Crippen LogP contribution < -0.4 is 5.32 Å². The van der Waals surface area contributed by atoms with Crippen LogP contribution in [0.2, 0.25) is 10.0 Å². The molecule has 1 N–H and O–H groups in total. The van der Waals surface area contributed by atoms with Crippen molar-refractivity contribution in [1.82, 2.24) is 9.62 Å². The monoisotopic (exact) mass is 412 g/mol. The first-order valence-electron chi connectivity index (χ1n) is 8.07. The smallest absolute Gasteiger partial charge is 0.243 e. The predicted molar refractivity (Wildman–Crippen MR) is 101 cm³/mol. The minimum Gasteiger partial charge on any atom is -0.314 e. The number of sulfonamides is 1. The Morgan fingerprint density at radius 3 is 2.17 bits per heavy atom. The van der Waals surface area contributed by atoms with Crippen LogP contribution in [0.15, 0.2) is 17.0 Å². The SMILES string of the molecule is Cc1c(Cl)cc(S(=O)(=O)N2CCC(NCC3CC3)CC2)cc1Cl.Cl. The third-order valence-electron chi connectivity index (χ3n) is 4.74. The third-order valence-corrected chi connectivity index (χ3v) is 7.40. The summed E-state index contributed by atoms with van der Waals surface area (Å²) in [5.41, 5.74) is 0.704. The molecule has 0 bridgehead atoms. The van der Waals surface area contributed by atoms with Crippen molar-refractivity contribution in [2.75, 3.05) is 19.6 Å². The Morgan fingerprint density at radius 1 is 1.12 bits per heavy atom. The minimum absolute atomic E-state index is 0. The molecule has 8 heteroatoms. The van der Waals surface area contributed by atoms with Crippen LogP contribution >= 0.6 is 35.6 Å². The lowest BCUT2D eigenvalue weighted by atomic mass is 10.1. The number of hydrogen-bond donors (Lipinski definition) is 1. The van der Waals surface area contributed by atoms with E-state index in [-0.39, 0.29) is 17.3 Å². The molecule has 24 heavy (non-hydrogen) atoms. The molecule has 1 saturated heterocycles. The van der Waals surface area contributed by atoms with E-state index < -0.39 is 10.0 Å². The first-order valence-corrected chi connectivity index (χ1v) is 10.3. The van der Waals surface area contributed by atoms with Gasteiger partial charge >= 0.3 is 0 Å². The van der Waals surface area contributed by atoms with Gasteiger partial charge in [0.2, 0.25) is 10.0 Å². The normalized spacial score (nSPS) is 20.0. The summed E-state index contributed by atoms with van der Waals surface area (Å²) in [5, 5.41) is 4.33. The quantitative estimate of drug-likeness (QED) is 0.797. The summed E-state index contributed by atoms with van der Waals surface area (Å²) < 4.78 is 27.1. The summed E-state index contributed by atoms with van der Waals surface area (Å²) >= 11 is 12.2. The fourth-order valence-corrected chi connectivity index (χ4v) is 5.02. The van der Waals surface area contributed by atoms with Crippen LogP contribution in [0.25, 0.3) is 0 Å². The summed E-state index contributed by atoms with van der Waals surface area (Å²) in [7, 11) is -3.53. The molecule has 1 aliphatic heterocycles. The van der Waals surface area contributed by atoms with Crippen molar-refractivity contribution < 1.29 is 8.42 Å². The van der Waals surface area contributed by atoms with Crippen molar-refractivity contribution in [2.45, 2.75) is 43.5 Å². The van der Waals surface area contributed by atoms with Crippen LogP contribution in [-0.2, 0) is 10.0 Å². The maximum atomic E-state index is 12.8. The Balaban J connectivity index is 0.00000208. The van der Waals surface area contributed by atoms with Crippen molar-refractivity contribution in [3.8, 4) is 0 Å². The number of benzene rings is 1. The van der Waals surface area contributed by atoms with E-state index >= 15 is 0 Å². The van der Waals surface area contributed by atoms with Crippen molar-refractivity contribution in [3.63, 3.8) is 0 Å². The van der Waals surface area contributed by atoms with Crippen molar-refractivity contribution in [1.29, 1.82) is 0 Å². The molecule has 1 heterocycles. The van der Waals surface area contributed by atoms with E-state index in [1.165, 1.54) is 25.0 Å². The van der Waals surface area contributed by atoms with E-state index in [2.05, 4.69) is 5.32 Å². The molecule has 1 saturated carbocycles. The average molecular weight is 414 g/mol. The van der Waals surface area contributed by atoms with Crippen LogP contribution in [0.4, 0.5) is 0 Å². The molecule has 136 valence electrons. The molecule has 4 nitrogen and oxygen atoms in total. The highest BCUT2D eigenvalue weighted by molar-refractivity contribution is 7.89. The van der Waals surface area contributed by atoms with E-state index in [0.29, 0.717) is 34.7 Å². The maximum absolute atomic E-state index is 12.8. The molecule has 0 atom stereocenters. The summed E-state index contributed by atoms with van der Waals surface area (Å²) in [5.74, 6) is 0.841.